The molecule has 1 amide bonds. The van der Waals surface area contributed by atoms with Gasteiger partial charge in [0, 0.05) is 18.3 Å². The van der Waals surface area contributed by atoms with Gasteiger partial charge in [-0.15, -0.1) is 11.8 Å². The lowest BCUT2D eigenvalue weighted by molar-refractivity contribution is -0.140. The molecule has 0 radical (unpaired) electrons. The van der Waals surface area contributed by atoms with E-state index in [9.17, 15) is 4.79 Å². The molecule has 1 N–H and O–H groups in total. The molecule has 16 heavy (non-hydrogen) atoms. The number of amides is 1. The molecule has 1 fully saturated rings. The first-order chi connectivity index (χ1) is 7.52. The van der Waals surface area contributed by atoms with Crippen LogP contribution in [0.15, 0.2) is 0 Å². The predicted molar refractivity (Wildman–Crippen MR) is 65.6 cm³/mol. The molecular weight excluding hydrogens is 226 g/mol. The fourth-order valence-electron chi connectivity index (χ4n) is 1.74. The van der Waals surface area contributed by atoms with Crippen LogP contribution < -0.4 is 0 Å². The molecule has 0 aromatic rings. The number of carbonyl (C=O) groups is 1. The van der Waals surface area contributed by atoms with Gasteiger partial charge in [0.05, 0.1) is 24.6 Å². The minimum absolute atomic E-state index is 0.118. The molecule has 1 aliphatic rings. The monoisotopic (exact) mass is 247 g/mol. The largest absolute Gasteiger partial charge is 0.395 e. The van der Waals surface area contributed by atoms with Crippen LogP contribution in [0, 0.1) is 0 Å². The zero-order chi connectivity index (χ0) is 12.1. The zero-order valence-electron chi connectivity index (χ0n) is 10.2. The number of ether oxygens (including phenoxy) is 1. The third kappa shape index (κ3) is 4.31. The van der Waals surface area contributed by atoms with Gasteiger partial charge in [-0.25, -0.2) is 0 Å². The van der Waals surface area contributed by atoms with E-state index in [2.05, 4.69) is 0 Å². The minimum atomic E-state index is 0.118. The Kier molecular flexibility index (Phi) is 5.58. The van der Waals surface area contributed by atoms with Crippen molar-refractivity contribution < 1.29 is 14.6 Å². The summed E-state index contributed by atoms with van der Waals surface area (Å²) in [4.78, 5) is 13.7. The molecule has 0 aromatic carbocycles. The average Bonchev–Trinajstić information content (AvgIpc) is 2.23. The average molecular weight is 247 g/mol. The third-order valence-electron chi connectivity index (χ3n) is 2.52. The van der Waals surface area contributed by atoms with Crippen molar-refractivity contribution in [2.24, 2.45) is 0 Å². The Morgan fingerprint density at radius 1 is 1.50 bits per heavy atom. The Balaban J connectivity index is 2.35. The van der Waals surface area contributed by atoms with Crippen LogP contribution in [0.4, 0.5) is 0 Å². The van der Waals surface area contributed by atoms with E-state index in [-0.39, 0.29) is 30.0 Å². The van der Waals surface area contributed by atoms with Gasteiger partial charge in [-0.3, -0.25) is 4.79 Å². The van der Waals surface area contributed by atoms with Crippen molar-refractivity contribution in [3.05, 3.63) is 0 Å². The van der Waals surface area contributed by atoms with Crippen LogP contribution in [0.1, 0.15) is 20.8 Å². The van der Waals surface area contributed by atoms with Gasteiger partial charge in [0.15, 0.2) is 0 Å². The highest BCUT2D eigenvalue weighted by atomic mass is 32.2. The molecule has 0 bridgehead atoms. The molecule has 94 valence electrons. The number of carbonyl (C=O) groups excluding carboxylic acids is 1. The van der Waals surface area contributed by atoms with Gasteiger partial charge in [0.1, 0.15) is 0 Å². The molecule has 3 atom stereocenters. The first-order valence-corrected chi connectivity index (χ1v) is 6.73. The van der Waals surface area contributed by atoms with E-state index in [0.717, 1.165) is 0 Å². The molecule has 3 unspecified atom stereocenters. The first kappa shape index (κ1) is 13.8. The molecule has 1 heterocycles. The highest BCUT2D eigenvalue weighted by molar-refractivity contribution is 8.00. The van der Waals surface area contributed by atoms with E-state index in [0.29, 0.717) is 18.8 Å². The van der Waals surface area contributed by atoms with Crippen molar-refractivity contribution in [2.75, 3.05) is 25.4 Å². The molecule has 0 aliphatic carbocycles. The van der Waals surface area contributed by atoms with E-state index >= 15 is 0 Å². The maximum absolute atomic E-state index is 11.9. The smallest absolute Gasteiger partial charge is 0.232 e. The van der Waals surface area contributed by atoms with E-state index in [4.69, 9.17) is 9.84 Å². The summed E-state index contributed by atoms with van der Waals surface area (Å²) in [7, 11) is 0. The number of thioether (sulfide) groups is 1. The van der Waals surface area contributed by atoms with Crippen molar-refractivity contribution >= 4 is 17.7 Å². The van der Waals surface area contributed by atoms with Crippen LogP contribution in [-0.2, 0) is 9.53 Å². The SMILES string of the molecule is CC1CN(C(=O)CSC(C)CO)CC(C)O1. The molecule has 0 aromatic heterocycles. The Morgan fingerprint density at radius 2 is 2.06 bits per heavy atom. The van der Waals surface area contributed by atoms with Crippen LogP contribution in [0.2, 0.25) is 0 Å². The number of morpholine rings is 1. The topological polar surface area (TPSA) is 49.8 Å². The summed E-state index contributed by atoms with van der Waals surface area (Å²) >= 11 is 1.50. The second-order valence-corrected chi connectivity index (χ2v) is 5.79. The standard InChI is InChI=1S/C11H21NO3S/c1-8-4-12(5-9(2)15-8)11(14)7-16-10(3)6-13/h8-10,13H,4-7H2,1-3H3. The zero-order valence-corrected chi connectivity index (χ0v) is 11.0. The van der Waals surface area contributed by atoms with Crippen LogP contribution in [0.25, 0.3) is 0 Å². The van der Waals surface area contributed by atoms with Gasteiger partial charge < -0.3 is 14.7 Å². The van der Waals surface area contributed by atoms with Gasteiger partial charge in [-0.2, -0.15) is 0 Å². The summed E-state index contributed by atoms with van der Waals surface area (Å²) in [6, 6.07) is 0. The molecule has 4 nitrogen and oxygen atoms in total. The summed E-state index contributed by atoms with van der Waals surface area (Å²) in [5.41, 5.74) is 0. The normalized spacial score (nSPS) is 27.9. The summed E-state index contributed by atoms with van der Waals surface area (Å²) in [5.74, 6) is 0.591. The van der Waals surface area contributed by atoms with Gasteiger partial charge >= 0.3 is 0 Å². The van der Waals surface area contributed by atoms with E-state index in [1.165, 1.54) is 11.8 Å². The van der Waals surface area contributed by atoms with Crippen LogP contribution in [0.3, 0.4) is 0 Å². The number of aliphatic hydroxyl groups is 1. The first-order valence-electron chi connectivity index (χ1n) is 5.68. The number of nitrogens with zero attached hydrogens (tertiary/aromatic N) is 1. The van der Waals surface area contributed by atoms with Crippen molar-refractivity contribution in [1.82, 2.24) is 4.90 Å². The maximum Gasteiger partial charge on any atom is 0.232 e. The number of rotatable bonds is 4. The third-order valence-corrected chi connectivity index (χ3v) is 3.65. The molecule has 5 heteroatoms. The van der Waals surface area contributed by atoms with E-state index in [1.807, 2.05) is 25.7 Å². The fraction of sp³-hybridized carbons (Fsp3) is 0.909. The summed E-state index contributed by atoms with van der Waals surface area (Å²) < 4.78 is 5.57. The van der Waals surface area contributed by atoms with Crippen molar-refractivity contribution in [2.45, 2.75) is 38.2 Å². The van der Waals surface area contributed by atoms with Gasteiger partial charge in [-0.05, 0) is 13.8 Å². The maximum atomic E-state index is 11.9. The molecule has 1 rings (SSSR count). The second-order valence-electron chi connectivity index (χ2n) is 4.36. The highest BCUT2D eigenvalue weighted by Crippen LogP contribution is 2.14. The molecule has 1 saturated heterocycles. The van der Waals surface area contributed by atoms with Gasteiger partial charge in [0.2, 0.25) is 5.91 Å². The van der Waals surface area contributed by atoms with Gasteiger partial charge in [0.25, 0.3) is 0 Å². The molecule has 0 saturated carbocycles. The lowest BCUT2D eigenvalue weighted by Gasteiger charge is -2.35. The van der Waals surface area contributed by atoms with Gasteiger partial charge in [-0.1, -0.05) is 6.92 Å². The predicted octanol–water partition coefficient (Wildman–Crippen LogP) is 0.736. The Bertz CT molecular complexity index is 227. The van der Waals surface area contributed by atoms with Crippen molar-refractivity contribution in [3.63, 3.8) is 0 Å². The molecule has 1 aliphatic heterocycles. The van der Waals surface area contributed by atoms with Crippen LogP contribution in [-0.4, -0.2) is 58.8 Å². The number of aliphatic hydroxyl groups excluding tert-OH is 1. The summed E-state index contributed by atoms with van der Waals surface area (Å²) in [6.07, 6.45) is 0.237. The lowest BCUT2D eigenvalue weighted by atomic mass is 10.2. The molecule has 0 spiro atoms. The summed E-state index contributed by atoms with van der Waals surface area (Å²) in [6.45, 7) is 7.36. The number of hydrogen-bond donors (Lipinski definition) is 1. The number of hydrogen-bond acceptors (Lipinski definition) is 4. The minimum Gasteiger partial charge on any atom is -0.395 e. The fourth-order valence-corrected chi connectivity index (χ4v) is 2.45. The van der Waals surface area contributed by atoms with Crippen molar-refractivity contribution in [3.8, 4) is 0 Å². The quantitative estimate of drug-likeness (QED) is 0.796. The molecular formula is C11H21NO3S. The lowest BCUT2D eigenvalue weighted by Crippen LogP contribution is -2.48. The van der Waals surface area contributed by atoms with Crippen LogP contribution >= 0.6 is 11.8 Å². The highest BCUT2D eigenvalue weighted by Gasteiger charge is 2.25. The Hall–Kier alpha value is -0.260. The Morgan fingerprint density at radius 3 is 2.56 bits per heavy atom. The van der Waals surface area contributed by atoms with Crippen LogP contribution in [0.5, 0.6) is 0 Å². The summed E-state index contributed by atoms with van der Waals surface area (Å²) in [5, 5.41) is 9.00. The van der Waals surface area contributed by atoms with Crippen molar-refractivity contribution in [1.29, 1.82) is 0 Å². The Labute approximate surface area is 101 Å². The van der Waals surface area contributed by atoms with E-state index < -0.39 is 0 Å². The second kappa shape index (κ2) is 6.47. The van der Waals surface area contributed by atoms with E-state index in [1.54, 1.807) is 0 Å².